The van der Waals surface area contributed by atoms with Gasteiger partial charge >= 0.3 is 5.97 Å². The lowest BCUT2D eigenvalue weighted by atomic mass is 9.99. The molecule has 0 aliphatic carbocycles. The SMILES string of the molecule is CCc1c(CO)cccc1C(=O)OC. The molecule has 0 atom stereocenters. The first-order valence-corrected chi connectivity index (χ1v) is 4.54. The van der Waals surface area contributed by atoms with E-state index in [0.717, 1.165) is 11.1 Å². The molecule has 1 rings (SSSR count). The lowest BCUT2D eigenvalue weighted by Gasteiger charge is -2.09. The van der Waals surface area contributed by atoms with Crippen molar-refractivity contribution < 1.29 is 14.6 Å². The Morgan fingerprint density at radius 1 is 1.50 bits per heavy atom. The molecule has 14 heavy (non-hydrogen) atoms. The number of ether oxygens (including phenoxy) is 1. The summed E-state index contributed by atoms with van der Waals surface area (Å²) in [6.45, 7) is 1.90. The fourth-order valence-electron chi connectivity index (χ4n) is 1.50. The van der Waals surface area contributed by atoms with E-state index in [1.54, 1.807) is 12.1 Å². The van der Waals surface area contributed by atoms with Crippen LogP contribution in [0.5, 0.6) is 0 Å². The van der Waals surface area contributed by atoms with Gasteiger partial charge in [0.1, 0.15) is 0 Å². The molecule has 3 nitrogen and oxygen atoms in total. The smallest absolute Gasteiger partial charge is 0.338 e. The molecule has 0 aliphatic heterocycles. The summed E-state index contributed by atoms with van der Waals surface area (Å²) >= 11 is 0. The zero-order chi connectivity index (χ0) is 10.6. The molecule has 0 heterocycles. The second-order valence-electron chi connectivity index (χ2n) is 2.95. The first kappa shape index (κ1) is 10.7. The number of carbonyl (C=O) groups excluding carboxylic acids is 1. The van der Waals surface area contributed by atoms with E-state index in [-0.39, 0.29) is 12.6 Å². The van der Waals surface area contributed by atoms with Crippen LogP contribution in [0.3, 0.4) is 0 Å². The van der Waals surface area contributed by atoms with Crippen LogP contribution in [0.25, 0.3) is 0 Å². The summed E-state index contributed by atoms with van der Waals surface area (Å²) in [4.78, 5) is 11.4. The first-order chi connectivity index (χ1) is 6.74. The van der Waals surface area contributed by atoms with Crippen LogP contribution in [0.1, 0.15) is 28.4 Å². The predicted octanol–water partition coefficient (Wildman–Crippen LogP) is 1.53. The molecule has 76 valence electrons. The fraction of sp³-hybridized carbons (Fsp3) is 0.364. The summed E-state index contributed by atoms with van der Waals surface area (Å²) in [5.74, 6) is -0.350. The van der Waals surface area contributed by atoms with Crippen molar-refractivity contribution in [2.24, 2.45) is 0 Å². The molecule has 0 aromatic heterocycles. The van der Waals surface area contributed by atoms with E-state index >= 15 is 0 Å². The van der Waals surface area contributed by atoms with Crippen molar-refractivity contribution in [2.45, 2.75) is 20.0 Å². The normalized spacial score (nSPS) is 9.93. The summed E-state index contributed by atoms with van der Waals surface area (Å²) in [7, 11) is 1.35. The van der Waals surface area contributed by atoms with E-state index in [0.29, 0.717) is 12.0 Å². The summed E-state index contributed by atoms with van der Waals surface area (Å²) in [6.07, 6.45) is 0.709. The second-order valence-corrected chi connectivity index (χ2v) is 2.95. The highest BCUT2D eigenvalue weighted by atomic mass is 16.5. The molecular formula is C11H14O3. The van der Waals surface area contributed by atoms with Crippen molar-refractivity contribution in [1.29, 1.82) is 0 Å². The van der Waals surface area contributed by atoms with Gasteiger partial charge in [-0.1, -0.05) is 19.1 Å². The van der Waals surface area contributed by atoms with Gasteiger partial charge in [0.05, 0.1) is 19.3 Å². The third-order valence-corrected chi connectivity index (χ3v) is 2.20. The maximum Gasteiger partial charge on any atom is 0.338 e. The van der Waals surface area contributed by atoms with Gasteiger partial charge in [0.25, 0.3) is 0 Å². The minimum atomic E-state index is -0.350. The summed E-state index contributed by atoms with van der Waals surface area (Å²) < 4.78 is 4.66. The quantitative estimate of drug-likeness (QED) is 0.742. The lowest BCUT2D eigenvalue weighted by Crippen LogP contribution is -2.07. The minimum Gasteiger partial charge on any atom is -0.465 e. The van der Waals surface area contributed by atoms with Crippen molar-refractivity contribution in [3.63, 3.8) is 0 Å². The molecule has 0 amide bonds. The van der Waals surface area contributed by atoms with Crippen LogP contribution in [0, 0.1) is 0 Å². The average Bonchev–Trinajstić information content (AvgIpc) is 2.26. The monoisotopic (exact) mass is 194 g/mol. The zero-order valence-corrected chi connectivity index (χ0v) is 8.41. The number of hydrogen-bond acceptors (Lipinski definition) is 3. The average molecular weight is 194 g/mol. The van der Waals surface area contributed by atoms with Crippen LogP contribution in [0.15, 0.2) is 18.2 Å². The van der Waals surface area contributed by atoms with Gasteiger partial charge in [-0.25, -0.2) is 4.79 Å². The van der Waals surface area contributed by atoms with Crippen molar-refractivity contribution in [1.82, 2.24) is 0 Å². The zero-order valence-electron chi connectivity index (χ0n) is 8.41. The number of benzene rings is 1. The highest BCUT2D eigenvalue weighted by Crippen LogP contribution is 2.16. The molecule has 1 aromatic rings. The molecule has 1 N–H and O–H groups in total. The van der Waals surface area contributed by atoms with E-state index < -0.39 is 0 Å². The summed E-state index contributed by atoms with van der Waals surface area (Å²) in [5.41, 5.74) is 2.19. The molecule has 0 unspecified atom stereocenters. The van der Waals surface area contributed by atoms with Crippen molar-refractivity contribution in [3.05, 3.63) is 34.9 Å². The maximum absolute atomic E-state index is 11.4. The lowest BCUT2D eigenvalue weighted by molar-refractivity contribution is 0.0599. The first-order valence-electron chi connectivity index (χ1n) is 4.54. The van der Waals surface area contributed by atoms with Gasteiger partial charge in [-0.15, -0.1) is 0 Å². The van der Waals surface area contributed by atoms with Gasteiger partial charge in [0, 0.05) is 0 Å². The molecule has 1 aromatic carbocycles. The van der Waals surface area contributed by atoms with E-state index in [9.17, 15) is 4.79 Å². The standard InChI is InChI=1S/C11H14O3/c1-3-9-8(7-12)5-4-6-10(9)11(13)14-2/h4-6,12H,3,7H2,1-2H3. The Balaban J connectivity index is 3.21. The van der Waals surface area contributed by atoms with Crippen LogP contribution in [0.4, 0.5) is 0 Å². The Hall–Kier alpha value is -1.35. The number of hydrogen-bond donors (Lipinski definition) is 1. The number of methoxy groups -OCH3 is 1. The van der Waals surface area contributed by atoms with Crippen LogP contribution < -0.4 is 0 Å². The Kier molecular flexibility index (Phi) is 3.65. The van der Waals surface area contributed by atoms with Gasteiger partial charge < -0.3 is 9.84 Å². The highest BCUT2D eigenvalue weighted by Gasteiger charge is 2.12. The van der Waals surface area contributed by atoms with Gasteiger partial charge in [-0.2, -0.15) is 0 Å². The van der Waals surface area contributed by atoms with Crippen molar-refractivity contribution in [2.75, 3.05) is 7.11 Å². The molecule has 3 heteroatoms. The Labute approximate surface area is 83.3 Å². The van der Waals surface area contributed by atoms with E-state index in [2.05, 4.69) is 4.74 Å². The van der Waals surface area contributed by atoms with E-state index in [4.69, 9.17) is 5.11 Å². The molecule has 0 spiro atoms. The molecule has 0 fully saturated rings. The minimum absolute atomic E-state index is 0.0476. The third kappa shape index (κ3) is 1.93. The van der Waals surface area contributed by atoms with Crippen LogP contribution in [0.2, 0.25) is 0 Å². The predicted molar refractivity (Wildman–Crippen MR) is 53.1 cm³/mol. The van der Waals surface area contributed by atoms with Crippen LogP contribution in [-0.4, -0.2) is 18.2 Å². The van der Waals surface area contributed by atoms with Gasteiger partial charge in [-0.3, -0.25) is 0 Å². The summed E-state index contributed by atoms with van der Waals surface area (Å²) in [6, 6.07) is 5.27. The highest BCUT2D eigenvalue weighted by molar-refractivity contribution is 5.91. The number of rotatable bonds is 3. The second kappa shape index (κ2) is 4.77. The largest absolute Gasteiger partial charge is 0.465 e. The number of carbonyl (C=O) groups is 1. The number of esters is 1. The Morgan fingerprint density at radius 2 is 2.21 bits per heavy atom. The fourth-order valence-corrected chi connectivity index (χ4v) is 1.50. The van der Waals surface area contributed by atoms with Gasteiger partial charge in [0.15, 0.2) is 0 Å². The third-order valence-electron chi connectivity index (χ3n) is 2.20. The topological polar surface area (TPSA) is 46.5 Å². The van der Waals surface area contributed by atoms with Crippen molar-refractivity contribution >= 4 is 5.97 Å². The molecule has 0 bridgehead atoms. The number of aliphatic hydroxyl groups excluding tert-OH is 1. The van der Waals surface area contributed by atoms with Gasteiger partial charge in [-0.05, 0) is 23.6 Å². The molecule has 0 radical (unpaired) electrons. The molecule has 0 aliphatic rings. The van der Waals surface area contributed by atoms with Crippen LogP contribution >= 0.6 is 0 Å². The van der Waals surface area contributed by atoms with E-state index in [1.165, 1.54) is 7.11 Å². The summed E-state index contributed by atoms with van der Waals surface area (Å²) in [5, 5.41) is 9.08. The number of aliphatic hydroxyl groups is 1. The molecule has 0 saturated heterocycles. The van der Waals surface area contributed by atoms with Gasteiger partial charge in [0.2, 0.25) is 0 Å². The van der Waals surface area contributed by atoms with Crippen LogP contribution in [-0.2, 0) is 17.8 Å². The Morgan fingerprint density at radius 3 is 2.71 bits per heavy atom. The Bertz CT molecular complexity index is 331. The molecular weight excluding hydrogens is 180 g/mol. The van der Waals surface area contributed by atoms with E-state index in [1.807, 2.05) is 13.0 Å². The van der Waals surface area contributed by atoms with Crippen molar-refractivity contribution in [3.8, 4) is 0 Å². The molecule has 0 saturated carbocycles. The maximum atomic E-state index is 11.4.